The Balaban J connectivity index is 1.88. The Kier molecular flexibility index (Phi) is 7.44. The first-order chi connectivity index (χ1) is 12.9. The van der Waals surface area contributed by atoms with E-state index in [1.54, 1.807) is 29.2 Å². The number of carbonyl (C=O) groups excluding carboxylic acids is 2. The number of amides is 2. The lowest BCUT2D eigenvalue weighted by Gasteiger charge is -2.19. The van der Waals surface area contributed by atoms with E-state index < -0.39 is 4.92 Å². The van der Waals surface area contributed by atoms with Crippen LogP contribution in [0.2, 0.25) is 0 Å². The van der Waals surface area contributed by atoms with Crippen LogP contribution in [0, 0.1) is 17.0 Å². The Labute approximate surface area is 161 Å². The molecule has 0 fully saturated rings. The molecule has 27 heavy (non-hydrogen) atoms. The average molecular weight is 390 g/mol. The maximum Gasteiger partial charge on any atom is 0.271 e. The summed E-state index contributed by atoms with van der Waals surface area (Å²) in [7, 11) is 0. The molecule has 0 aliphatic carbocycles. The Bertz CT molecular complexity index is 808. The molecule has 0 unspecified atom stereocenters. The van der Waals surface area contributed by atoms with Crippen molar-refractivity contribution in [1.29, 1.82) is 0 Å². The van der Waals surface area contributed by atoms with Crippen molar-refractivity contribution in [2.24, 2.45) is 0 Å². The topological polar surface area (TPSA) is 105 Å². The van der Waals surface area contributed by atoms with E-state index in [0.717, 1.165) is 10.4 Å². The lowest BCUT2D eigenvalue weighted by Crippen LogP contribution is -2.40. The van der Waals surface area contributed by atoms with Crippen molar-refractivity contribution in [3.63, 3.8) is 0 Å². The third-order valence-corrected chi connectivity index (χ3v) is 4.80. The largest absolute Gasteiger partial charge is 0.350 e. The third kappa shape index (κ3) is 6.46. The van der Waals surface area contributed by atoms with Crippen LogP contribution in [0.15, 0.2) is 35.7 Å². The van der Waals surface area contributed by atoms with Gasteiger partial charge in [0.15, 0.2) is 0 Å². The molecule has 2 N–H and O–H groups in total. The monoisotopic (exact) mass is 390 g/mol. The number of nitrogens with one attached hydrogen (secondary N) is 2. The number of nitrogens with zero attached hydrogens (tertiary/aromatic N) is 2. The highest BCUT2D eigenvalue weighted by atomic mass is 32.1. The minimum atomic E-state index is -0.509. The van der Waals surface area contributed by atoms with E-state index in [4.69, 9.17) is 0 Å². The summed E-state index contributed by atoms with van der Waals surface area (Å²) in [6.45, 7) is 4.72. The Morgan fingerprint density at radius 1 is 1.22 bits per heavy atom. The van der Waals surface area contributed by atoms with Crippen LogP contribution in [-0.2, 0) is 16.1 Å². The van der Waals surface area contributed by atoms with Gasteiger partial charge < -0.3 is 10.6 Å². The van der Waals surface area contributed by atoms with Crippen molar-refractivity contribution in [2.45, 2.75) is 20.4 Å². The molecule has 9 heteroatoms. The molecule has 2 rings (SSSR count). The van der Waals surface area contributed by atoms with Crippen molar-refractivity contribution in [3.8, 4) is 0 Å². The van der Waals surface area contributed by atoms with Gasteiger partial charge >= 0.3 is 0 Å². The van der Waals surface area contributed by atoms with E-state index in [1.165, 1.54) is 12.1 Å². The SMILES string of the molecule is CCN(CC(=O)NCc1cccs1)CC(=O)Nc1cc([N+](=O)[O-])ccc1C. The first-order valence-electron chi connectivity index (χ1n) is 8.45. The van der Waals surface area contributed by atoms with Crippen LogP contribution >= 0.6 is 11.3 Å². The van der Waals surface area contributed by atoms with Crippen molar-refractivity contribution in [3.05, 3.63) is 56.3 Å². The Morgan fingerprint density at radius 3 is 2.59 bits per heavy atom. The number of rotatable bonds is 9. The summed E-state index contributed by atoms with van der Waals surface area (Å²) in [6, 6.07) is 8.17. The number of nitro benzene ring substituents is 1. The highest BCUT2D eigenvalue weighted by Crippen LogP contribution is 2.21. The number of likely N-dealkylation sites (N-methyl/N-ethyl adjacent to an activating group) is 1. The number of non-ortho nitro benzene ring substituents is 1. The summed E-state index contributed by atoms with van der Waals surface area (Å²) < 4.78 is 0. The second kappa shape index (κ2) is 9.79. The second-order valence-electron chi connectivity index (χ2n) is 5.96. The average Bonchev–Trinajstić information content (AvgIpc) is 3.14. The number of hydrogen-bond acceptors (Lipinski definition) is 6. The van der Waals surface area contributed by atoms with Crippen LogP contribution in [0.4, 0.5) is 11.4 Å². The summed E-state index contributed by atoms with van der Waals surface area (Å²) in [4.78, 5) is 37.5. The zero-order valence-corrected chi connectivity index (χ0v) is 16.0. The van der Waals surface area contributed by atoms with Gasteiger partial charge in [-0.3, -0.25) is 24.6 Å². The molecular weight excluding hydrogens is 368 g/mol. The fourth-order valence-corrected chi connectivity index (χ4v) is 3.03. The van der Waals surface area contributed by atoms with E-state index in [-0.39, 0.29) is 30.6 Å². The quantitative estimate of drug-likeness (QED) is 0.506. The number of hydrogen-bond donors (Lipinski definition) is 2. The number of aryl methyl sites for hydroxylation is 1. The summed E-state index contributed by atoms with van der Waals surface area (Å²) >= 11 is 1.57. The highest BCUT2D eigenvalue weighted by Gasteiger charge is 2.15. The van der Waals surface area contributed by atoms with Gasteiger partial charge in [0.05, 0.1) is 30.2 Å². The van der Waals surface area contributed by atoms with Crippen LogP contribution in [0.5, 0.6) is 0 Å². The maximum absolute atomic E-state index is 12.3. The number of benzene rings is 1. The predicted molar refractivity (Wildman–Crippen MR) is 105 cm³/mol. The standard InChI is InChI=1S/C18H22N4O4S/c1-3-21(11-17(23)19-10-15-5-4-8-27-15)12-18(24)20-16-9-14(22(25)26)7-6-13(16)2/h4-9H,3,10-12H2,1-2H3,(H,19,23)(H,20,24). The molecule has 0 saturated heterocycles. The maximum atomic E-state index is 12.3. The number of nitro groups is 1. The molecule has 1 aromatic carbocycles. The van der Waals surface area contributed by atoms with E-state index in [9.17, 15) is 19.7 Å². The zero-order chi connectivity index (χ0) is 19.8. The van der Waals surface area contributed by atoms with Gasteiger partial charge in [0.1, 0.15) is 0 Å². The lowest BCUT2D eigenvalue weighted by molar-refractivity contribution is -0.384. The van der Waals surface area contributed by atoms with E-state index in [2.05, 4.69) is 10.6 Å². The fourth-order valence-electron chi connectivity index (χ4n) is 2.39. The smallest absolute Gasteiger partial charge is 0.271 e. The number of thiophene rings is 1. The van der Waals surface area contributed by atoms with Crippen molar-refractivity contribution < 1.29 is 14.5 Å². The molecule has 0 spiro atoms. The molecule has 0 aliphatic rings. The van der Waals surface area contributed by atoms with Crippen LogP contribution in [0.25, 0.3) is 0 Å². The Hall–Kier alpha value is -2.78. The van der Waals surface area contributed by atoms with E-state index in [1.807, 2.05) is 24.4 Å². The third-order valence-electron chi connectivity index (χ3n) is 3.93. The highest BCUT2D eigenvalue weighted by molar-refractivity contribution is 7.09. The molecule has 144 valence electrons. The van der Waals surface area contributed by atoms with Gasteiger partial charge in [-0.15, -0.1) is 11.3 Å². The molecule has 2 aromatic rings. The summed E-state index contributed by atoms with van der Waals surface area (Å²) in [5.74, 6) is -0.490. The molecule has 1 aromatic heterocycles. The van der Waals surface area contributed by atoms with Crippen molar-refractivity contribution >= 4 is 34.5 Å². The molecule has 0 aliphatic heterocycles. The molecular formula is C18H22N4O4S. The van der Waals surface area contributed by atoms with Gasteiger partial charge in [-0.05, 0) is 30.5 Å². The van der Waals surface area contributed by atoms with Gasteiger partial charge in [-0.1, -0.05) is 19.1 Å². The molecule has 0 radical (unpaired) electrons. The molecule has 8 nitrogen and oxygen atoms in total. The van der Waals surface area contributed by atoms with Gasteiger partial charge in [-0.25, -0.2) is 0 Å². The summed E-state index contributed by atoms with van der Waals surface area (Å²) in [6.07, 6.45) is 0. The second-order valence-corrected chi connectivity index (χ2v) is 7.00. The zero-order valence-electron chi connectivity index (χ0n) is 15.2. The minimum absolute atomic E-state index is 0.0189. The van der Waals surface area contributed by atoms with Crippen molar-refractivity contribution in [1.82, 2.24) is 10.2 Å². The first-order valence-corrected chi connectivity index (χ1v) is 9.33. The van der Waals surface area contributed by atoms with Crippen LogP contribution in [0.3, 0.4) is 0 Å². The van der Waals surface area contributed by atoms with E-state index >= 15 is 0 Å². The first kappa shape index (κ1) is 20.5. The minimum Gasteiger partial charge on any atom is -0.350 e. The number of carbonyl (C=O) groups is 2. The van der Waals surface area contributed by atoms with Crippen LogP contribution < -0.4 is 10.6 Å². The molecule has 1 heterocycles. The van der Waals surface area contributed by atoms with Crippen molar-refractivity contribution in [2.75, 3.05) is 25.0 Å². The molecule has 2 amide bonds. The predicted octanol–water partition coefficient (Wildman–Crippen LogP) is 2.54. The number of anilines is 1. The molecule has 0 bridgehead atoms. The Morgan fingerprint density at radius 2 is 1.96 bits per heavy atom. The molecule has 0 saturated carbocycles. The van der Waals surface area contributed by atoms with Gasteiger partial charge in [0, 0.05) is 17.0 Å². The lowest BCUT2D eigenvalue weighted by atomic mass is 10.2. The van der Waals surface area contributed by atoms with Crippen LogP contribution in [-0.4, -0.2) is 41.3 Å². The fraction of sp³-hybridized carbons (Fsp3) is 0.333. The van der Waals surface area contributed by atoms with Gasteiger partial charge in [0.25, 0.3) is 5.69 Å². The molecule has 0 atom stereocenters. The van der Waals surface area contributed by atoms with Crippen LogP contribution in [0.1, 0.15) is 17.4 Å². The van der Waals surface area contributed by atoms with Gasteiger partial charge in [-0.2, -0.15) is 0 Å². The summed E-state index contributed by atoms with van der Waals surface area (Å²) in [5.41, 5.74) is 1.04. The normalized spacial score (nSPS) is 10.6. The van der Waals surface area contributed by atoms with Gasteiger partial charge in [0.2, 0.25) is 11.8 Å². The summed E-state index contributed by atoms with van der Waals surface area (Å²) in [5, 5.41) is 18.3. The van der Waals surface area contributed by atoms with E-state index in [0.29, 0.717) is 18.8 Å².